The predicted molar refractivity (Wildman–Crippen MR) is 80.0 cm³/mol. The zero-order chi connectivity index (χ0) is 16.7. The summed E-state index contributed by atoms with van der Waals surface area (Å²) < 4.78 is 20.7. The van der Waals surface area contributed by atoms with Gasteiger partial charge in [0.05, 0.1) is 23.4 Å². The molecule has 0 aromatic rings. The molecule has 6 rings (SSSR count). The average molecular weight is 332 g/mol. The summed E-state index contributed by atoms with van der Waals surface area (Å²) in [5.74, 6) is 1.93. The van der Waals surface area contributed by atoms with E-state index < -0.39 is 0 Å². The summed E-state index contributed by atoms with van der Waals surface area (Å²) in [7, 11) is 0. The third-order valence-corrected chi connectivity index (χ3v) is 7.44. The largest absolute Gasteiger partial charge is 0.498 e. The van der Waals surface area contributed by atoms with E-state index in [1.54, 1.807) is 0 Å². The van der Waals surface area contributed by atoms with E-state index in [0.717, 1.165) is 0 Å². The third-order valence-electron chi connectivity index (χ3n) is 7.44. The summed E-state index contributed by atoms with van der Waals surface area (Å²) in [6.07, 6.45) is 2.68. The van der Waals surface area contributed by atoms with Crippen molar-refractivity contribution in [1.29, 1.82) is 0 Å². The van der Waals surface area contributed by atoms with Crippen molar-refractivity contribution in [3.05, 3.63) is 25.7 Å². The smallest absolute Gasteiger partial charge is 0.313 e. The molecule has 0 heterocycles. The minimum absolute atomic E-state index is 0.0834. The lowest BCUT2D eigenvalue weighted by Gasteiger charge is -3.08. The lowest BCUT2D eigenvalue weighted by Crippen LogP contribution is -3.12. The number of ether oxygens (including phenoxy) is 4. The van der Waals surface area contributed by atoms with Gasteiger partial charge < -0.3 is 18.9 Å². The fraction of sp³-hybridized carbons (Fsp3) is 0.667. The molecule has 6 heteroatoms. The Hall–Kier alpha value is -1.98. The average Bonchev–Trinajstić information content (AvgIpc) is 2.61. The number of carbonyl (C=O) groups excluding carboxylic acids is 2. The van der Waals surface area contributed by atoms with E-state index in [1.807, 2.05) is 0 Å². The molecule has 24 heavy (non-hydrogen) atoms. The van der Waals surface area contributed by atoms with E-state index in [-0.39, 0.29) is 36.0 Å². The van der Waals surface area contributed by atoms with E-state index in [2.05, 4.69) is 13.2 Å². The Kier molecular flexibility index (Phi) is 2.60. The van der Waals surface area contributed by atoms with Crippen LogP contribution in [0.1, 0.15) is 0 Å². The van der Waals surface area contributed by atoms with Gasteiger partial charge in [-0.05, 0) is 35.5 Å². The maximum Gasteiger partial charge on any atom is 0.313 e. The van der Waals surface area contributed by atoms with Crippen LogP contribution in [0.4, 0.5) is 0 Å². The van der Waals surface area contributed by atoms with E-state index in [0.29, 0.717) is 48.7 Å². The normalized spacial score (nSPS) is 48.8. The highest BCUT2D eigenvalue weighted by atomic mass is 16.6. The van der Waals surface area contributed by atoms with Crippen LogP contribution >= 0.6 is 0 Å². The van der Waals surface area contributed by atoms with Gasteiger partial charge in [-0.2, -0.15) is 0 Å². The highest BCUT2D eigenvalue weighted by Crippen LogP contribution is 3.10. The van der Waals surface area contributed by atoms with Crippen LogP contribution in [-0.4, -0.2) is 38.4 Å². The Balaban J connectivity index is 1.18. The third kappa shape index (κ3) is 1.08. The van der Waals surface area contributed by atoms with Gasteiger partial charge in [-0.15, -0.1) is 0 Å². The summed E-state index contributed by atoms with van der Waals surface area (Å²) in [5.41, 5.74) is -0.523. The second-order valence-electron chi connectivity index (χ2n) is 7.37. The molecule has 128 valence electrons. The molecule has 0 aromatic heterocycles. The molecular formula is C18H20O6. The summed E-state index contributed by atoms with van der Waals surface area (Å²) in [6, 6.07) is 0. The first-order chi connectivity index (χ1) is 11.7. The zero-order valence-electron chi connectivity index (χ0n) is 13.3. The molecule has 0 spiro atoms. The molecule has 6 fully saturated rings. The molecule has 0 amide bonds. The van der Waals surface area contributed by atoms with E-state index in [4.69, 9.17) is 18.9 Å². The molecule has 0 aromatic carbocycles. The monoisotopic (exact) mass is 332 g/mol. The molecule has 6 aliphatic carbocycles. The number of esters is 2. The lowest BCUT2D eigenvalue weighted by molar-refractivity contribution is -0.628. The maximum absolute atomic E-state index is 12.5. The van der Waals surface area contributed by atoms with E-state index in [9.17, 15) is 9.59 Å². The fourth-order valence-corrected chi connectivity index (χ4v) is 7.13. The van der Waals surface area contributed by atoms with Crippen LogP contribution in [-0.2, 0) is 28.5 Å². The summed E-state index contributed by atoms with van der Waals surface area (Å²) in [5, 5.41) is 0. The lowest BCUT2D eigenvalue weighted by atomic mass is 8.92. The Morgan fingerprint density at radius 3 is 1.33 bits per heavy atom. The van der Waals surface area contributed by atoms with Gasteiger partial charge in [-0.25, -0.2) is 0 Å². The van der Waals surface area contributed by atoms with Crippen LogP contribution < -0.4 is 0 Å². The summed E-state index contributed by atoms with van der Waals surface area (Å²) >= 11 is 0. The predicted octanol–water partition coefficient (Wildman–Crippen LogP) is 1.13. The topological polar surface area (TPSA) is 71.1 Å². The first kappa shape index (κ1) is 14.4. The van der Waals surface area contributed by atoms with Crippen molar-refractivity contribution < 1.29 is 28.5 Å². The second-order valence-corrected chi connectivity index (χ2v) is 7.37. The van der Waals surface area contributed by atoms with Crippen molar-refractivity contribution in [1.82, 2.24) is 0 Å². The van der Waals surface area contributed by atoms with Crippen LogP contribution in [0.3, 0.4) is 0 Å². The van der Waals surface area contributed by atoms with Gasteiger partial charge in [0.2, 0.25) is 0 Å². The Bertz CT molecular complexity index is 542. The van der Waals surface area contributed by atoms with E-state index in [1.165, 1.54) is 12.5 Å². The standard InChI is InChI=1S/C18H20O6/c1-3-21-5-7-23-15(19)17-9-12-10(17)14-11(17)13(9)18(12,14)16(20)24-8-6-22-4-2/h3-4,9-14H,1-2,5-8H2. The van der Waals surface area contributed by atoms with Crippen LogP contribution in [0.25, 0.3) is 0 Å². The minimum Gasteiger partial charge on any atom is -0.498 e. The van der Waals surface area contributed by atoms with Crippen LogP contribution in [0, 0.1) is 46.3 Å². The minimum atomic E-state index is -0.262. The maximum atomic E-state index is 12.5. The molecular weight excluding hydrogens is 312 g/mol. The SMILES string of the molecule is C=COCCOC(=O)C12C3C4C1C1C2C3C41C(=O)OCCOC=C. The van der Waals surface area contributed by atoms with Crippen molar-refractivity contribution in [2.24, 2.45) is 46.3 Å². The number of carbonyl (C=O) groups is 2. The first-order valence-corrected chi connectivity index (χ1v) is 8.49. The Labute approximate surface area is 139 Å². The highest BCUT2D eigenvalue weighted by molar-refractivity contribution is 5.96. The fourth-order valence-electron chi connectivity index (χ4n) is 7.13. The van der Waals surface area contributed by atoms with Gasteiger partial charge in [0.25, 0.3) is 0 Å². The Morgan fingerprint density at radius 1 is 0.708 bits per heavy atom. The van der Waals surface area contributed by atoms with Crippen molar-refractivity contribution in [2.45, 2.75) is 0 Å². The Morgan fingerprint density at radius 2 is 1.04 bits per heavy atom. The van der Waals surface area contributed by atoms with Crippen molar-refractivity contribution in [3.63, 3.8) is 0 Å². The van der Waals surface area contributed by atoms with Crippen LogP contribution in [0.2, 0.25) is 0 Å². The van der Waals surface area contributed by atoms with Gasteiger partial charge in [-0.3, -0.25) is 9.59 Å². The summed E-state index contributed by atoms with van der Waals surface area (Å²) in [6.45, 7) is 8.10. The number of rotatable bonds is 10. The van der Waals surface area contributed by atoms with E-state index >= 15 is 0 Å². The molecule has 0 bridgehead atoms. The van der Waals surface area contributed by atoms with Crippen LogP contribution in [0.5, 0.6) is 0 Å². The first-order valence-electron chi connectivity index (χ1n) is 8.49. The van der Waals surface area contributed by atoms with Gasteiger partial charge >= 0.3 is 11.9 Å². The molecule has 0 saturated heterocycles. The number of hydrogen-bond donors (Lipinski definition) is 0. The molecule has 0 N–H and O–H groups in total. The van der Waals surface area contributed by atoms with Crippen molar-refractivity contribution >= 4 is 11.9 Å². The molecule has 6 saturated carbocycles. The summed E-state index contributed by atoms with van der Waals surface area (Å²) in [4.78, 5) is 24.9. The second kappa shape index (κ2) is 4.35. The van der Waals surface area contributed by atoms with Crippen LogP contribution in [0.15, 0.2) is 25.7 Å². The highest BCUT2D eigenvalue weighted by Gasteiger charge is 3.13. The molecule has 6 nitrogen and oxygen atoms in total. The molecule has 0 aliphatic heterocycles. The van der Waals surface area contributed by atoms with Crippen molar-refractivity contribution in [3.8, 4) is 0 Å². The number of hydrogen-bond acceptors (Lipinski definition) is 6. The quantitative estimate of drug-likeness (QED) is 0.339. The van der Waals surface area contributed by atoms with Gasteiger partial charge in [0.1, 0.15) is 26.4 Å². The van der Waals surface area contributed by atoms with Gasteiger partial charge in [0.15, 0.2) is 0 Å². The molecule has 0 atom stereocenters. The molecule has 0 radical (unpaired) electrons. The molecule has 6 aliphatic rings. The molecule has 0 unspecified atom stereocenters. The van der Waals surface area contributed by atoms with Gasteiger partial charge in [-0.1, -0.05) is 13.2 Å². The van der Waals surface area contributed by atoms with Gasteiger partial charge in [0, 0.05) is 0 Å². The van der Waals surface area contributed by atoms with Crippen molar-refractivity contribution in [2.75, 3.05) is 26.4 Å². The zero-order valence-corrected chi connectivity index (χ0v) is 13.3.